The van der Waals surface area contributed by atoms with E-state index in [0.717, 1.165) is 16.0 Å². The molecule has 0 atom stereocenters. The molecule has 0 unspecified atom stereocenters. The fourth-order valence-corrected chi connectivity index (χ4v) is 4.87. The Balaban J connectivity index is 1.36. The third-order valence-corrected chi connectivity index (χ3v) is 6.84. The number of benzene rings is 3. The predicted molar refractivity (Wildman–Crippen MR) is 159 cm³/mol. The van der Waals surface area contributed by atoms with E-state index in [1.165, 1.54) is 11.1 Å². The molecule has 0 saturated heterocycles. The number of guanidine groups is 1. The summed E-state index contributed by atoms with van der Waals surface area (Å²) in [4.78, 5) is 45.5. The summed E-state index contributed by atoms with van der Waals surface area (Å²) in [7, 11) is 0. The quantitative estimate of drug-likeness (QED) is 0.163. The lowest BCUT2D eigenvalue weighted by atomic mass is 10.1. The summed E-state index contributed by atoms with van der Waals surface area (Å²) >= 11 is 0. The number of carbonyl (C=O) groups is 3. The molecule has 0 N–H and O–H groups in total. The molecule has 0 bridgehead atoms. The summed E-state index contributed by atoms with van der Waals surface area (Å²) in [6, 6.07) is 27.6. The zero-order valence-electron chi connectivity index (χ0n) is 22.7. The largest absolute Gasteiger partial charge is 0.460 e. The van der Waals surface area contributed by atoms with E-state index in [1.807, 2.05) is 66.7 Å². The lowest BCUT2D eigenvalue weighted by Crippen LogP contribution is -2.49. The van der Waals surface area contributed by atoms with Crippen LogP contribution >= 0.6 is 0 Å². The van der Waals surface area contributed by atoms with E-state index < -0.39 is 17.8 Å². The zero-order valence-corrected chi connectivity index (χ0v) is 22.7. The molecule has 43 heavy (non-hydrogen) atoms. The maximum absolute atomic E-state index is 14.0. The van der Waals surface area contributed by atoms with Gasteiger partial charge in [0.15, 0.2) is 5.76 Å². The van der Waals surface area contributed by atoms with E-state index in [9.17, 15) is 14.4 Å². The Morgan fingerprint density at radius 2 is 1.63 bits per heavy atom. The number of hydrogen-bond acceptors (Lipinski definition) is 8. The van der Waals surface area contributed by atoms with Gasteiger partial charge < -0.3 is 9.15 Å². The highest BCUT2D eigenvalue weighted by atomic mass is 16.5. The number of hydrogen-bond donors (Lipinski definition) is 0. The van der Waals surface area contributed by atoms with Gasteiger partial charge >= 0.3 is 5.97 Å². The van der Waals surface area contributed by atoms with E-state index in [0.29, 0.717) is 28.3 Å². The highest BCUT2D eigenvalue weighted by molar-refractivity contribution is 6.49. The molecule has 0 spiro atoms. The van der Waals surface area contributed by atoms with Gasteiger partial charge in [-0.1, -0.05) is 54.6 Å². The van der Waals surface area contributed by atoms with Crippen molar-refractivity contribution in [1.82, 2.24) is 14.7 Å². The van der Waals surface area contributed by atoms with E-state index in [-0.39, 0.29) is 24.0 Å². The smallest absolute Gasteiger partial charge is 0.376 e. The molecule has 11 heteroatoms. The third kappa shape index (κ3) is 4.49. The molecule has 2 aromatic heterocycles. The highest BCUT2D eigenvalue weighted by Crippen LogP contribution is 2.33. The summed E-state index contributed by atoms with van der Waals surface area (Å²) < 4.78 is 12.9. The molecule has 7 rings (SSSR count). The number of carbonyl (C=O) groups excluding carboxylic acids is 3. The molecule has 2 amide bonds. The van der Waals surface area contributed by atoms with Crippen molar-refractivity contribution in [2.75, 3.05) is 11.6 Å². The van der Waals surface area contributed by atoms with Crippen LogP contribution in [-0.2, 0) is 19.1 Å². The van der Waals surface area contributed by atoms with Crippen LogP contribution in [-0.4, -0.2) is 50.9 Å². The lowest BCUT2D eigenvalue weighted by Gasteiger charge is -2.24. The number of nitrogens with zero attached hydrogens (tertiary/aromatic N) is 6. The number of amides is 2. The van der Waals surface area contributed by atoms with Crippen LogP contribution in [0.1, 0.15) is 12.5 Å². The maximum Gasteiger partial charge on any atom is 0.376 e. The summed E-state index contributed by atoms with van der Waals surface area (Å²) in [6.45, 7) is 1.72. The number of aliphatic imine (C=N–C) groups is 1. The minimum Gasteiger partial charge on any atom is -0.460 e. The van der Waals surface area contributed by atoms with Crippen molar-refractivity contribution in [2.24, 2.45) is 10.1 Å². The number of fused-ring (bicyclic) bond motifs is 2. The zero-order chi connectivity index (χ0) is 29.5. The van der Waals surface area contributed by atoms with Gasteiger partial charge in [0, 0.05) is 17.1 Å². The SMILES string of the molecule is CCOC(=O)C1=NN(c2ccccc2)C2=NC(=O)/C(=C\c3cn(-c4ccccc4)nc3-c3cc4ccccc4o3)C(=O)N12. The van der Waals surface area contributed by atoms with Crippen LogP contribution in [0.15, 0.2) is 117 Å². The van der Waals surface area contributed by atoms with Gasteiger partial charge in [0.25, 0.3) is 11.8 Å². The summed E-state index contributed by atoms with van der Waals surface area (Å²) in [5.41, 5.74) is 2.51. The molecule has 5 aromatic rings. The second-order valence-electron chi connectivity index (χ2n) is 9.57. The molecule has 2 aliphatic rings. The lowest BCUT2D eigenvalue weighted by molar-refractivity contribution is -0.137. The summed E-state index contributed by atoms with van der Waals surface area (Å²) in [5, 5.41) is 11.2. The Kier molecular flexibility index (Phi) is 6.24. The molecular formula is C32H22N6O5. The number of hydrazone groups is 1. The normalized spacial score (nSPS) is 15.6. The number of esters is 1. The predicted octanol–water partition coefficient (Wildman–Crippen LogP) is 4.79. The van der Waals surface area contributed by atoms with Crippen molar-refractivity contribution in [2.45, 2.75) is 6.92 Å². The van der Waals surface area contributed by atoms with Gasteiger partial charge in [-0.15, -0.1) is 5.10 Å². The Morgan fingerprint density at radius 3 is 2.35 bits per heavy atom. The first-order chi connectivity index (χ1) is 21.0. The van der Waals surface area contributed by atoms with Gasteiger partial charge in [0.1, 0.15) is 16.9 Å². The Labute approximate surface area is 244 Å². The van der Waals surface area contributed by atoms with Crippen molar-refractivity contribution in [3.8, 4) is 17.1 Å². The van der Waals surface area contributed by atoms with E-state index >= 15 is 0 Å². The van der Waals surface area contributed by atoms with Gasteiger partial charge in [-0.25, -0.2) is 14.4 Å². The minimum absolute atomic E-state index is 0.0683. The Bertz CT molecular complexity index is 1970. The molecular weight excluding hydrogens is 548 g/mol. The monoisotopic (exact) mass is 570 g/mol. The number of amidine groups is 1. The van der Waals surface area contributed by atoms with Crippen LogP contribution < -0.4 is 5.01 Å². The summed E-state index contributed by atoms with van der Waals surface area (Å²) in [6.07, 6.45) is 3.11. The first-order valence-corrected chi connectivity index (χ1v) is 13.5. The molecule has 210 valence electrons. The molecule has 0 aliphatic carbocycles. The second kappa shape index (κ2) is 10.4. The number of aromatic nitrogens is 2. The van der Waals surface area contributed by atoms with Crippen LogP contribution in [0, 0.1) is 0 Å². The van der Waals surface area contributed by atoms with Crippen LogP contribution in [0.2, 0.25) is 0 Å². The first kappa shape index (κ1) is 25.8. The average molecular weight is 571 g/mol. The average Bonchev–Trinajstić information content (AvgIpc) is 3.75. The van der Waals surface area contributed by atoms with Gasteiger partial charge in [0.2, 0.25) is 11.8 Å². The number of rotatable bonds is 6. The molecule has 11 nitrogen and oxygen atoms in total. The molecule has 2 aliphatic heterocycles. The van der Waals surface area contributed by atoms with E-state index in [1.54, 1.807) is 42.1 Å². The van der Waals surface area contributed by atoms with Crippen molar-refractivity contribution in [3.63, 3.8) is 0 Å². The third-order valence-electron chi connectivity index (χ3n) is 6.84. The summed E-state index contributed by atoms with van der Waals surface area (Å²) in [5.74, 6) is -2.35. The standard InChI is InChI=1S/C32H22N6O5/c1-2-42-31(41)28-35-38(23-14-7-4-8-15-23)32-33-29(39)24(30(40)37(28)32)17-21-19-36(22-12-5-3-6-13-22)34-27(21)26-18-20-11-9-10-16-25(20)43-26/h3-19H,2H2,1H3/b24-17+. The molecule has 4 heterocycles. The molecule has 0 saturated carbocycles. The van der Waals surface area contributed by atoms with Crippen LogP contribution in [0.25, 0.3) is 34.2 Å². The van der Waals surface area contributed by atoms with E-state index in [4.69, 9.17) is 14.3 Å². The van der Waals surface area contributed by atoms with E-state index in [2.05, 4.69) is 10.1 Å². The van der Waals surface area contributed by atoms with Crippen LogP contribution in [0.3, 0.4) is 0 Å². The van der Waals surface area contributed by atoms with Crippen molar-refractivity contribution in [1.29, 1.82) is 0 Å². The minimum atomic E-state index is -0.824. The van der Waals surface area contributed by atoms with Gasteiger partial charge in [-0.05, 0) is 49.4 Å². The fourth-order valence-electron chi connectivity index (χ4n) is 4.87. The topological polar surface area (TPSA) is 123 Å². The molecule has 3 aromatic carbocycles. The Morgan fingerprint density at radius 1 is 0.930 bits per heavy atom. The number of para-hydroxylation sites is 3. The van der Waals surface area contributed by atoms with Crippen molar-refractivity contribution < 1.29 is 23.5 Å². The van der Waals surface area contributed by atoms with Gasteiger partial charge in [-0.3, -0.25) is 9.59 Å². The number of ether oxygens (including phenoxy) is 1. The van der Waals surface area contributed by atoms with Crippen LogP contribution in [0.5, 0.6) is 0 Å². The van der Waals surface area contributed by atoms with Crippen molar-refractivity contribution in [3.05, 3.63) is 108 Å². The van der Waals surface area contributed by atoms with Crippen LogP contribution in [0.4, 0.5) is 5.69 Å². The first-order valence-electron chi connectivity index (χ1n) is 13.5. The molecule has 0 radical (unpaired) electrons. The maximum atomic E-state index is 14.0. The Hall–Kier alpha value is -6.10. The van der Waals surface area contributed by atoms with Crippen molar-refractivity contribution >= 4 is 52.3 Å². The number of anilines is 1. The fraction of sp³-hybridized carbons (Fsp3) is 0.0625. The molecule has 0 fully saturated rings. The highest BCUT2D eigenvalue weighted by Gasteiger charge is 2.46. The van der Waals surface area contributed by atoms with Gasteiger partial charge in [-0.2, -0.15) is 15.1 Å². The second-order valence-corrected chi connectivity index (χ2v) is 9.57. The number of furan rings is 1. The van der Waals surface area contributed by atoms with Gasteiger partial charge in [0.05, 0.1) is 18.0 Å².